The van der Waals surface area contributed by atoms with Gasteiger partial charge in [-0.05, 0) is 36.8 Å². The molecule has 0 aromatic heterocycles. The Hall–Kier alpha value is -2.23. The fourth-order valence-corrected chi connectivity index (χ4v) is 1.73. The number of hydrogen-bond acceptors (Lipinski definition) is 3. The van der Waals surface area contributed by atoms with Gasteiger partial charge in [0.25, 0.3) is 0 Å². The minimum Gasteiger partial charge on any atom is -0.497 e. The monoisotopic (exact) mass is 261 g/mol. The molecule has 0 bridgehead atoms. The van der Waals surface area contributed by atoms with Gasteiger partial charge in [0.2, 0.25) is 0 Å². The second-order valence-electron chi connectivity index (χ2n) is 4.29. The van der Waals surface area contributed by atoms with Gasteiger partial charge >= 0.3 is 0 Å². The number of hydrogen-bond donors (Lipinski definition) is 1. The number of nitrogen functional groups attached to an aromatic ring is 1. The lowest BCUT2D eigenvalue weighted by Crippen LogP contribution is -2.01. The first-order chi connectivity index (χ1) is 9.10. The van der Waals surface area contributed by atoms with Crippen molar-refractivity contribution < 1.29 is 13.9 Å². The van der Waals surface area contributed by atoms with Crippen molar-refractivity contribution in [2.24, 2.45) is 0 Å². The van der Waals surface area contributed by atoms with Crippen LogP contribution in [0.3, 0.4) is 0 Å². The number of anilines is 1. The molecule has 0 fully saturated rings. The molecule has 2 N–H and O–H groups in total. The van der Waals surface area contributed by atoms with E-state index in [2.05, 4.69) is 0 Å². The standard InChI is InChI=1S/C15H16FNO2/c1-10-3-6-15(14(17)7-10)19-9-11-4-5-12(18-2)8-13(11)16/h3-8H,9,17H2,1-2H3. The van der Waals surface area contributed by atoms with Crippen molar-refractivity contribution in [1.29, 1.82) is 0 Å². The first-order valence-corrected chi connectivity index (χ1v) is 5.91. The van der Waals surface area contributed by atoms with Gasteiger partial charge in [-0.25, -0.2) is 4.39 Å². The molecule has 2 rings (SSSR count). The van der Waals surface area contributed by atoms with E-state index in [0.29, 0.717) is 22.7 Å². The van der Waals surface area contributed by atoms with Gasteiger partial charge < -0.3 is 15.2 Å². The van der Waals surface area contributed by atoms with Gasteiger partial charge in [-0.3, -0.25) is 0 Å². The molecule has 0 heterocycles. The molecule has 0 saturated carbocycles. The van der Waals surface area contributed by atoms with Crippen LogP contribution in [0.1, 0.15) is 11.1 Å². The molecule has 0 amide bonds. The zero-order valence-electron chi connectivity index (χ0n) is 10.9. The zero-order chi connectivity index (χ0) is 13.8. The van der Waals surface area contributed by atoms with Crippen LogP contribution in [0.25, 0.3) is 0 Å². The van der Waals surface area contributed by atoms with Crippen molar-refractivity contribution in [2.45, 2.75) is 13.5 Å². The number of rotatable bonds is 4. The number of benzene rings is 2. The predicted molar refractivity (Wildman–Crippen MR) is 72.9 cm³/mol. The van der Waals surface area contributed by atoms with Crippen molar-refractivity contribution in [3.05, 3.63) is 53.3 Å². The van der Waals surface area contributed by atoms with Crippen molar-refractivity contribution in [1.82, 2.24) is 0 Å². The van der Waals surface area contributed by atoms with Gasteiger partial charge in [-0.2, -0.15) is 0 Å². The predicted octanol–water partition coefficient (Wildman–Crippen LogP) is 3.30. The molecular weight excluding hydrogens is 245 g/mol. The summed E-state index contributed by atoms with van der Waals surface area (Å²) in [6.07, 6.45) is 0. The van der Waals surface area contributed by atoms with Crippen LogP contribution in [0, 0.1) is 12.7 Å². The molecule has 0 saturated heterocycles. The van der Waals surface area contributed by atoms with E-state index in [0.717, 1.165) is 5.56 Å². The van der Waals surface area contributed by atoms with Gasteiger partial charge in [0.05, 0.1) is 12.8 Å². The van der Waals surface area contributed by atoms with Crippen molar-refractivity contribution in [2.75, 3.05) is 12.8 Å². The summed E-state index contributed by atoms with van der Waals surface area (Å²) in [6, 6.07) is 10.2. The average molecular weight is 261 g/mol. The summed E-state index contributed by atoms with van der Waals surface area (Å²) in [5.74, 6) is 0.682. The molecule has 0 radical (unpaired) electrons. The van der Waals surface area contributed by atoms with E-state index >= 15 is 0 Å². The van der Waals surface area contributed by atoms with Crippen LogP contribution < -0.4 is 15.2 Å². The Labute approximate surface area is 111 Å². The molecule has 0 aliphatic carbocycles. The van der Waals surface area contributed by atoms with Gasteiger partial charge in [0.15, 0.2) is 0 Å². The van der Waals surface area contributed by atoms with E-state index in [1.165, 1.54) is 13.2 Å². The fraction of sp³-hybridized carbons (Fsp3) is 0.200. The summed E-state index contributed by atoms with van der Waals surface area (Å²) in [6.45, 7) is 2.08. The Morgan fingerprint density at radius 1 is 1.16 bits per heavy atom. The van der Waals surface area contributed by atoms with Crippen LogP contribution >= 0.6 is 0 Å². The third-order valence-corrected chi connectivity index (χ3v) is 2.81. The highest BCUT2D eigenvalue weighted by atomic mass is 19.1. The average Bonchev–Trinajstić information content (AvgIpc) is 2.39. The van der Waals surface area contributed by atoms with Crippen LogP contribution in [-0.2, 0) is 6.61 Å². The summed E-state index contributed by atoms with van der Waals surface area (Å²) >= 11 is 0. The van der Waals surface area contributed by atoms with Gasteiger partial charge in [0, 0.05) is 11.6 Å². The maximum Gasteiger partial charge on any atom is 0.142 e. The molecule has 0 aliphatic rings. The first kappa shape index (κ1) is 13.2. The fourth-order valence-electron chi connectivity index (χ4n) is 1.73. The van der Waals surface area contributed by atoms with Crippen LogP contribution in [0.2, 0.25) is 0 Å². The summed E-state index contributed by atoms with van der Waals surface area (Å²) in [5, 5.41) is 0. The lowest BCUT2D eigenvalue weighted by Gasteiger charge is -2.10. The number of aryl methyl sites for hydroxylation is 1. The largest absolute Gasteiger partial charge is 0.497 e. The number of methoxy groups -OCH3 is 1. The molecule has 19 heavy (non-hydrogen) atoms. The van der Waals surface area contributed by atoms with E-state index in [1.54, 1.807) is 18.2 Å². The molecule has 0 unspecified atom stereocenters. The van der Waals surface area contributed by atoms with Gasteiger partial charge in [-0.1, -0.05) is 6.07 Å². The quantitative estimate of drug-likeness (QED) is 0.859. The van der Waals surface area contributed by atoms with Crippen LogP contribution in [0.4, 0.5) is 10.1 Å². The second kappa shape index (κ2) is 5.61. The Bertz CT molecular complexity index is 584. The minimum absolute atomic E-state index is 0.128. The zero-order valence-corrected chi connectivity index (χ0v) is 10.9. The van der Waals surface area contributed by atoms with E-state index in [-0.39, 0.29) is 12.4 Å². The number of ether oxygens (including phenoxy) is 2. The molecule has 2 aromatic rings. The number of halogens is 1. The highest BCUT2D eigenvalue weighted by molar-refractivity contribution is 5.54. The van der Waals surface area contributed by atoms with E-state index < -0.39 is 0 Å². The molecule has 0 atom stereocenters. The number of nitrogens with two attached hydrogens (primary N) is 1. The third-order valence-electron chi connectivity index (χ3n) is 2.81. The van der Waals surface area contributed by atoms with E-state index in [4.69, 9.17) is 15.2 Å². The Morgan fingerprint density at radius 3 is 2.58 bits per heavy atom. The molecule has 2 aromatic carbocycles. The Morgan fingerprint density at radius 2 is 1.95 bits per heavy atom. The van der Waals surface area contributed by atoms with Crippen LogP contribution in [-0.4, -0.2) is 7.11 Å². The second-order valence-corrected chi connectivity index (χ2v) is 4.29. The molecule has 100 valence electrons. The smallest absolute Gasteiger partial charge is 0.142 e. The maximum absolute atomic E-state index is 13.7. The van der Waals surface area contributed by atoms with E-state index in [9.17, 15) is 4.39 Å². The molecule has 0 aliphatic heterocycles. The van der Waals surface area contributed by atoms with Crippen molar-refractivity contribution >= 4 is 5.69 Å². The highest BCUT2D eigenvalue weighted by Gasteiger charge is 2.06. The maximum atomic E-state index is 13.7. The van der Waals surface area contributed by atoms with Crippen molar-refractivity contribution in [3.8, 4) is 11.5 Å². The summed E-state index contributed by atoms with van der Waals surface area (Å²) in [4.78, 5) is 0. The van der Waals surface area contributed by atoms with Crippen molar-refractivity contribution in [3.63, 3.8) is 0 Å². The highest BCUT2D eigenvalue weighted by Crippen LogP contribution is 2.24. The molecular formula is C15H16FNO2. The SMILES string of the molecule is COc1ccc(COc2ccc(C)cc2N)c(F)c1. The lowest BCUT2D eigenvalue weighted by atomic mass is 10.2. The molecule has 0 spiro atoms. The topological polar surface area (TPSA) is 44.5 Å². The Balaban J connectivity index is 2.10. The third kappa shape index (κ3) is 3.16. The normalized spacial score (nSPS) is 10.3. The summed E-state index contributed by atoms with van der Waals surface area (Å²) in [5.41, 5.74) is 7.90. The van der Waals surface area contributed by atoms with Crippen LogP contribution in [0.5, 0.6) is 11.5 Å². The van der Waals surface area contributed by atoms with Gasteiger partial charge in [0.1, 0.15) is 23.9 Å². The Kier molecular flexibility index (Phi) is 3.90. The summed E-state index contributed by atoms with van der Waals surface area (Å²) in [7, 11) is 1.50. The molecule has 3 nitrogen and oxygen atoms in total. The van der Waals surface area contributed by atoms with E-state index in [1.807, 2.05) is 19.1 Å². The van der Waals surface area contributed by atoms with Crippen LogP contribution in [0.15, 0.2) is 36.4 Å². The minimum atomic E-state index is -0.356. The first-order valence-electron chi connectivity index (χ1n) is 5.91. The summed E-state index contributed by atoms with van der Waals surface area (Å²) < 4.78 is 24.2. The van der Waals surface area contributed by atoms with Gasteiger partial charge in [-0.15, -0.1) is 0 Å². The molecule has 4 heteroatoms. The lowest BCUT2D eigenvalue weighted by molar-refractivity contribution is 0.301.